The van der Waals surface area contributed by atoms with Crippen molar-refractivity contribution in [2.75, 3.05) is 0 Å². The van der Waals surface area contributed by atoms with E-state index >= 15 is 0 Å². The molecule has 0 saturated carbocycles. The minimum atomic E-state index is -0.991. The third-order valence-corrected chi connectivity index (χ3v) is 1.29. The molecule has 0 aliphatic carbocycles. The van der Waals surface area contributed by atoms with Crippen LogP contribution in [0.15, 0.2) is 0 Å². The van der Waals surface area contributed by atoms with E-state index in [0.29, 0.717) is 0 Å². The second-order valence-electron chi connectivity index (χ2n) is 2.76. The molecule has 0 rings (SSSR count). The SMILES string of the molecule is CC(C)[C@H](N[13C]([13CH3])=O)C(=O)O. The number of carbonyl (C=O) groups is 2. The number of hydrogen-bond acceptors (Lipinski definition) is 2. The van der Waals surface area contributed by atoms with Crippen LogP contribution >= 0.6 is 0 Å². The van der Waals surface area contributed by atoms with E-state index in [4.69, 9.17) is 5.11 Å². The van der Waals surface area contributed by atoms with Gasteiger partial charge in [0.15, 0.2) is 0 Å². The summed E-state index contributed by atoms with van der Waals surface area (Å²) in [4.78, 5) is 21.0. The summed E-state index contributed by atoms with van der Waals surface area (Å²) in [5.41, 5.74) is 0. The minimum Gasteiger partial charge on any atom is -0.480 e. The Bertz CT molecular complexity index is 165. The summed E-state index contributed by atoms with van der Waals surface area (Å²) in [6, 6.07) is -0.771. The molecule has 64 valence electrons. The topological polar surface area (TPSA) is 66.4 Å². The molecule has 11 heavy (non-hydrogen) atoms. The van der Waals surface area contributed by atoms with E-state index in [9.17, 15) is 9.59 Å². The van der Waals surface area contributed by atoms with Gasteiger partial charge >= 0.3 is 5.97 Å². The van der Waals surface area contributed by atoms with E-state index in [1.807, 2.05) is 0 Å². The average Bonchev–Trinajstić information content (AvgIpc) is 1.81. The minimum absolute atomic E-state index is 0.0867. The highest BCUT2D eigenvalue weighted by Crippen LogP contribution is 2.00. The van der Waals surface area contributed by atoms with Crippen molar-refractivity contribution in [2.24, 2.45) is 5.92 Å². The number of rotatable bonds is 3. The van der Waals surface area contributed by atoms with Gasteiger partial charge < -0.3 is 10.4 Å². The molecular weight excluding hydrogens is 148 g/mol. The van der Waals surface area contributed by atoms with Crippen LogP contribution in [-0.4, -0.2) is 23.0 Å². The normalized spacial score (nSPS) is 12.7. The largest absolute Gasteiger partial charge is 0.480 e. The second kappa shape index (κ2) is 3.95. The van der Waals surface area contributed by atoms with Crippen LogP contribution in [0.4, 0.5) is 0 Å². The first-order chi connectivity index (χ1) is 4.95. The molecule has 0 heterocycles. The molecule has 0 bridgehead atoms. The summed E-state index contributed by atoms with van der Waals surface area (Å²) in [5, 5.41) is 10.9. The molecule has 0 unspecified atom stereocenters. The summed E-state index contributed by atoms with van der Waals surface area (Å²) in [6.07, 6.45) is 0. The van der Waals surface area contributed by atoms with Crippen molar-refractivity contribution in [3.8, 4) is 0 Å². The summed E-state index contributed by atoms with van der Waals surface area (Å²) in [5.74, 6) is -1.39. The molecule has 1 amide bonds. The first kappa shape index (κ1) is 9.94. The van der Waals surface area contributed by atoms with Gasteiger partial charge in [-0.3, -0.25) is 4.79 Å². The van der Waals surface area contributed by atoms with E-state index in [-0.39, 0.29) is 11.8 Å². The third kappa shape index (κ3) is 3.60. The lowest BCUT2D eigenvalue weighted by Gasteiger charge is -2.16. The van der Waals surface area contributed by atoms with Crippen molar-refractivity contribution < 1.29 is 14.7 Å². The number of carboxylic acid groups (broad SMARTS) is 1. The zero-order valence-corrected chi connectivity index (χ0v) is 6.92. The number of nitrogens with one attached hydrogen (secondary N) is 1. The maximum Gasteiger partial charge on any atom is 0.326 e. The summed E-state index contributed by atoms with van der Waals surface area (Å²) in [6.45, 7) is 4.79. The van der Waals surface area contributed by atoms with E-state index in [1.54, 1.807) is 13.8 Å². The lowest BCUT2D eigenvalue weighted by atomic mass is 10.1. The number of carbonyl (C=O) groups excluding carboxylic acids is 1. The molecule has 0 aromatic rings. The quantitative estimate of drug-likeness (QED) is 0.582. The van der Waals surface area contributed by atoms with E-state index in [2.05, 4.69) is 5.32 Å². The fourth-order valence-corrected chi connectivity index (χ4v) is 0.733. The van der Waals surface area contributed by atoms with E-state index < -0.39 is 12.0 Å². The summed E-state index contributed by atoms with van der Waals surface area (Å²) >= 11 is 0. The van der Waals surface area contributed by atoms with Gasteiger partial charge in [0.1, 0.15) is 6.04 Å². The van der Waals surface area contributed by atoms with Gasteiger partial charge in [-0.25, -0.2) is 4.79 Å². The Morgan fingerprint density at radius 3 is 1.91 bits per heavy atom. The van der Waals surface area contributed by atoms with Gasteiger partial charge in [0.2, 0.25) is 5.91 Å². The van der Waals surface area contributed by atoms with Crippen molar-refractivity contribution in [1.82, 2.24) is 5.32 Å². The predicted octanol–water partition coefficient (Wildman–Crippen LogP) is 0.232. The maximum absolute atomic E-state index is 10.5. The summed E-state index contributed by atoms with van der Waals surface area (Å²) < 4.78 is 0. The molecule has 0 aromatic heterocycles. The van der Waals surface area contributed by atoms with Gasteiger partial charge in [-0.2, -0.15) is 0 Å². The fourth-order valence-electron chi connectivity index (χ4n) is 0.733. The lowest BCUT2D eigenvalue weighted by Crippen LogP contribution is -2.43. The van der Waals surface area contributed by atoms with Crippen LogP contribution in [0.5, 0.6) is 0 Å². The van der Waals surface area contributed by atoms with Crippen molar-refractivity contribution in [3.05, 3.63) is 0 Å². The highest BCUT2D eigenvalue weighted by molar-refractivity contribution is 5.82. The number of carboxylic acids is 1. The van der Waals surface area contributed by atoms with Crippen LogP contribution in [0.1, 0.15) is 20.8 Å². The zero-order chi connectivity index (χ0) is 9.02. The molecule has 0 fully saturated rings. The second-order valence-corrected chi connectivity index (χ2v) is 2.76. The van der Waals surface area contributed by atoms with Crippen LogP contribution in [0.3, 0.4) is 0 Å². The monoisotopic (exact) mass is 161 g/mol. The molecule has 0 radical (unpaired) electrons. The third-order valence-electron chi connectivity index (χ3n) is 1.29. The van der Waals surface area contributed by atoms with Crippen LogP contribution in [0.2, 0.25) is 0 Å². The van der Waals surface area contributed by atoms with Crippen molar-refractivity contribution in [2.45, 2.75) is 26.8 Å². The smallest absolute Gasteiger partial charge is 0.326 e. The average molecular weight is 161 g/mol. The van der Waals surface area contributed by atoms with E-state index in [0.717, 1.165) is 0 Å². The molecule has 1 atom stereocenters. The molecular formula is C7H13NO3. The van der Waals surface area contributed by atoms with Crippen LogP contribution in [0, 0.1) is 5.92 Å². The molecule has 0 aliphatic rings. The zero-order valence-electron chi connectivity index (χ0n) is 6.92. The van der Waals surface area contributed by atoms with Gasteiger partial charge in [-0.1, -0.05) is 13.8 Å². The summed E-state index contributed by atoms with van der Waals surface area (Å²) in [7, 11) is 0. The van der Waals surface area contributed by atoms with Crippen molar-refractivity contribution in [1.29, 1.82) is 0 Å². The maximum atomic E-state index is 10.5. The molecule has 0 saturated heterocycles. The van der Waals surface area contributed by atoms with Crippen molar-refractivity contribution in [3.63, 3.8) is 0 Å². The first-order valence-corrected chi connectivity index (χ1v) is 3.45. The predicted molar refractivity (Wildman–Crippen MR) is 40.1 cm³/mol. The standard InChI is InChI=1S/C7H13NO3/c1-4(2)6(7(10)11)8-5(3)9/h4,6H,1-3H3,(H,8,9)(H,10,11)/t6-/m0/s1/i3+1,5+1. The molecule has 0 aliphatic heterocycles. The van der Waals surface area contributed by atoms with Crippen LogP contribution in [0.25, 0.3) is 0 Å². The Hall–Kier alpha value is -1.06. The van der Waals surface area contributed by atoms with Crippen molar-refractivity contribution >= 4 is 11.9 Å². The lowest BCUT2D eigenvalue weighted by molar-refractivity contribution is -0.142. The molecule has 0 aromatic carbocycles. The van der Waals surface area contributed by atoms with Gasteiger partial charge in [-0.05, 0) is 5.92 Å². The highest BCUT2D eigenvalue weighted by Gasteiger charge is 2.21. The number of hydrogen-bond donors (Lipinski definition) is 2. The number of amides is 1. The van der Waals surface area contributed by atoms with Gasteiger partial charge in [-0.15, -0.1) is 0 Å². The molecule has 0 spiro atoms. The Labute approximate surface area is 65.6 Å². The van der Waals surface area contributed by atoms with Gasteiger partial charge in [0, 0.05) is 6.92 Å². The van der Waals surface area contributed by atoms with Crippen LogP contribution < -0.4 is 5.32 Å². The Balaban J connectivity index is 4.12. The fraction of sp³-hybridized carbons (Fsp3) is 0.714. The Morgan fingerprint density at radius 2 is 1.82 bits per heavy atom. The molecule has 4 heteroatoms. The van der Waals surface area contributed by atoms with Gasteiger partial charge in [0.25, 0.3) is 0 Å². The Morgan fingerprint density at radius 1 is 1.36 bits per heavy atom. The van der Waals surface area contributed by atoms with E-state index in [1.165, 1.54) is 6.92 Å². The Kier molecular flexibility index (Phi) is 3.57. The van der Waals surface area contributed by atoms with Gasteiger partial charge in [0.05, 0.1) is 0 Å². The first-order valence-electron chi connectivity index (χ1n) is 3.45. The number of aliphatic carboxylic acids is 1. The molecule has 4 nitrogen and oxygen atoms in total. The van der Waals surface area contributed by atoms with Crippen LogP contribution in [-0.2, 0) is 9.59 Å². The highest BCUT2D eigenvalue weighted by atomic mass is 16.4. The molecule has 2 N–H and O–H groups in total.